The van der Waals surface area contributed by atoms with Gasteiger partial charge in [-0.3, -0.25) is 4.79 Å². The van der Waals surface area contributed by atoms with Crippen molar-refractivity contribution in [3.05, 3.63) is 72.9 Å². The van der Waals surface area contributed by atoms with Crippen molar-refractivity contribution < 1.29 is 15.0 Å². The fraction of sp³-hybridized carbons (Fsp3) is 0.750. The molecule has 0 saturated carbocycles. The van der Waals surface area contributed by atoms with E-state index in [1.807, 2.05) is 6.08 Å². The molecule has 0 aromatic heterocycles. The maximum Gasteiger partial charge on any atom is 0.220 e. The summed E-state index contributed by atoms with van der Waals surface area (Å²) >= 11 is 0. The van der Waals surface area contributed by atoms with E-state index in [1.165, 1.54) is 154 Å². The molecule has 2 atom stereocenters. The van der Waals surface area contributed by atoms with Crippen LogP contribution in [0.4, 0.5) is 0 Å². The summed E-state index contributed by atoms with van der Waals surface area (Å²) in [6.45, 7) is 4.20. The van der Waals surface area contributed by atoms with Gasteiger partial charge in [-0.25, -0.2) is 0 Å². The molecule has 0 rings (SSSR count). The molecule has 0 saturated heterocycles. The number of hydrogen-bond acceptors (Lipinski definition) is 3. The normalized spacial score (nSPS) is 13.6. The lowest BCUT2D eigenvalue weighted by molar-refractivity contribution is -0.123. The Hall–Kier alpha value is -2.17. The molecule has 0 radical (unpaired) electrons. The van der Waals surface area contributed by atoms with E-state index in [2.05, 4.69) is 79.9 Å². The van der Waals surface area contributed by atoms with Gasteiger partial charge in [-0.05, 0) is 64.2 Å². The van der Waals surface area contributed by atoms with Crippen molar-refractivity contribution in [2.45, 2.75) is 244 Å². The van der Waals surface area contributed by atoms with Crippen LogP contribution in [-0.2, 0) is 4.79 Å². The van der Waals surface area contributed by atoms with Gasteiger partial charge in [0, 0.05) is 6.42 Å². The summed E-state index contributed by atoms with van der Waals surface area (Å²) in [6, 6.07) is -0.629. The second-order valence-corrected chi connectivity index (χ2v) is 16.1. The molecule has 0 fully saturated rings. The summed E-state index contributed by atoms with van der Waals surface area (Å²) in [5.74, 6) is -0.0721. The highest BCUT2D eigenvalue weighted by Gasteiger charge is 2.17. The molecule has 0 spiro atoms. The van der Waals surface area contributed by atoms with Gasteiger partial charge >= 0.3 is 0 Å². The molecular weight excluding hydrogens is 687 g/mol. The van der Waals surface area contributed by atoms with Crippen molar-refractivity contribution in [1.82, 2.24) is 5.32 Å². The van der Waals surface area contributed by atoms with Crippen LogP contribution in [0.15, 0.2) is 72.9 Å². The Morgan fingerprint density at radius 2 is 0.786 bits per heavy atom. The van der Waals surface area contributed by atoms with Gasteiger partial charge in [0.15, 0.2) is 0 Å². The maximum absolute atomic E-state index is 12.4. The molecule has 4 heteroatoms. The Balaban J connectivity index is 3.59. The second-order valence-electron chi connectivity index (χ2n) is 16.1. The number of carbonyl (C=O) groups is 1. The van der Waals surface area contributed by atoms with Crippen LogP contribution < -0.4 is 5.32 Å². The average molecular weight is 780 g/mol. The van der Waals surface area contributed by atoms with Gasteiger partial charge in [0.2, 0.25) is 5.91 Å². The first-order valence-corrected chi connectivity index (χ1v) is 24.2. The van der Waals surface area contributed by atoms with Crippen molar-refractivity contribution in [3.63, 3.8) is 0 Å². The third kappa shape index (κ3) is 43.0. The van der Waals surface area contributed by atoms with E-state index >= 15 is 0 Å². The third-order valence-electron chi connectivity index (χ3n) is 10.7. The Morgan fingerprint density at radius 1 is 0.446 bits per heavy atom. The molecule has 3 N–H and O–H groups in total. The summed E-state index contributed by atoms with van der Waals surface area (Å²) in [6.07, 6.45) is 67.3. The number of allylic oxidation sites excluding steroid dienone is 11. The zero-order valence-electron chi connectivity index (χ0n) is 37.1. The van der Waals surface area contributed by atoms with Crippen LogP contribution in [0.1, 0.15) is 232 Å². The zero-order valence-corrected chi connectivity index (χ0v) is 37.1. The van der Waals surface area contributed by atoms with Crippen molar-refractivity contribution in [3.8, 4) is 0 Å². The quantitative estimate of drug-likeness (QED) is 0.0426. The Bertz CT molecular complexity index is 977. The highest BCUT2D eigenvalue weighted by Crippen LogP contribution is 2.15. The van der Waals surface area contributed by atoms with Crippen LogP contribution in [-0.4, -0.2) is 34.9 Å². The van der Waals surface area contributed by atoms with Gasteiger partial charge in [0.1, 0.15) is 0 Å². The zero-order chi connectivity index (χ0) is 40.7. The van der Waals surface area contributed by atoms with Crippen molar-refractivity contribution >= 4 is 5.91 Å². The number of carbonyl (C=O) groups excluding carboxylic acids is 1. The van der Waals surface area contributed by atoms with Crippen LogP contribution in [0.3, 0.4) is 0 Å². The highest BCUT2D eigenvalue weighted by atomic mass is 16.3. The largest absolute Gasteiger partial charge is 0.394 e. The van der Waals surface area contributed by atoms with E-state index in [4.69, 9.17) is 0 Å². The molecule has 0 heterocycles. The SMILES string of the molecule is CC/C=C\C/C=C\C/C=C\C/C=C\C/C=C\CCCCCCCCCCCC(=O)NC(CO)C(O)/C=C/CCCCCCCCCCCCCCCCCCC. The fourth-order valence-corrected chi connectivity index (χ4v) is 7.03. The first-order valence-electron chi connectivity index (χ1n) is 24.2. The van der Waals surface area contributed by atoms with E-state index in [0.717, 1.165) is 57.8 Å². The monoisotopic (exact) mass is 780 g/mol. The smallest absolute Gasteiger partial charge is 0.220 e. The first-order chi connectivity index (χ1) is 27.7. The van der Waals surface area contributed by atoms with Gasteiger partial charge < -0.3 is 15.5 Å². The predicted octanol–water partition coefficient (Wildman–Crippen LogP) is 15.5. The van der Waals surface area contributed by atoms with Crippen LogP contribution in [0, 0.1) is 0 Å². The van der Waals surface area contributed by atoms with Crippen LogP contribution in [0.25, 0.3) is 0 Å². The predicted molar refractivity (Wildman–Crippen MR) is 248 cm³/mol. The van der Waals surface area contributed by atoms with Gasteiger partial charge in [0.25, 0.3) is 0 Å². The number of rotatable bonds is 43. The number of unbranched alkanes of at least 4 members (excludes halogenated alkanes) is 26. The third-order valence-corrected chi connectivity index (χ3v) is 10.7. The Kier molecular flexibility index (Phi) is 45.4. The van der Waals surface area contributed by atoms with Gasteiger partial charge in [-0.15, -0.1) is 0 Å². The highest BCUT2D eigenvalue weighted by molar-refractivity contribution is 5.76. The molecule has 0 aliphatic rings. The molecule has 2 unspecified atom stereocenters. The molecular formula is C52H93NO3. The molecule has 0 aromatic carbocycles. The standard InChI is InChI=1S/C52H93NO3/c1-3-5-7-9-11-13-15-17-19-21-23-24-25-26-27-28-30-32-34-36-38-40-42-44-46-48-52(56)53-50(49-54)51(55)47-45-43-41-39-37-35-33-31-29-22-20-18-16-14-12-10-8-6-4-2/h5,7,11,13,17,19,23-24,26-27,45,47,50-51,54-55H,3-4,6,8-10,12,14-16,18,20-22,25,28-44,46,48-49H2,1-2H3,(H,53,56)/b7-5-,13-11-,19-17-,24-23-,27-26-,47-45+. The molecule has 0 aromatic rings. The molecule has 324 valence electrons. The first kappa shape index (κ1) is 53.8. The van der Waals surface area contributed by atoms with E-state index < -0.39 is 12.1 Å². The molecule has 0 aliphatic carbocycles. The minimum atomic E-state index is -0.846. The Morgan fingerprint density at radius 3 is 1.18 bits per heavy atom. The van der Waals surface area contributed by atoms with E-state index in [1.54, 1.807) is 6.08 Å². The lowest BCUT2D eigenvalue weighted by Gasteiger charge is -2.20. The topological polar surface area (TPSA) is 69.6 Å². The van der Waals surface area contributed by atoms with Crippen molar-refractivity contribution in [1.29, 1.82) is 0 Å². The van der Waals surface area contributed by atoms with Crippen LogP contribution >= 0.6 is 0 Å². The summed E-state index contributed by atoms with van der Waals surface area (Å²) in [7, 11) is 0. The molecule has 1 amide bonds. The average Bonchev–Trinajstić information content (AvgIpc) is 3.20. The van der Waals surface area contributed by atoms with E-state index in [9.17, 15) is 15.0 Å². The van der Waals surface area contributed by atoms with E-state index in [0.29, 0.717) is 6.42 Å². The minimum Gasteiger partial charge on any atom is -0.394 e. The number of aliphatic hydroxyl groups excluding tert-OH is 2. The fourth-order valence-electron chi connectivity index (χ4n) is 7.03. The van der Waals surface area contributed by atoms with Crippen molar-refractivity contribution in [2.75, 3.05) is 6.61 Å². The number of hydrogen-bond donors (Lipinski definition) is 3. The molecule has 0 bridgehead atoms. The lowest BCUT2D eigenvalue weighted by atomic mass is 10.0. The van der Waals surface area contributed by atoms with Crippen LogP contribution in [0.2, 0.25) is 0 Å². The maximum atomic E-state index is 12.4. The van der Waals surface area contributed by atoms with Crippen molar-refractivity contribution in [2.24, 2.45) is 0 Å². The summed E-state index contributed by atoms with van der Waals surface area (Å²) in [5.41, 5.74) is 0. The number of amides is 1. The van der Waals surface area contributed by atoms with Crippen LogP contribution in [0.5, 0.6) is 0 Å². The molecule has 4 nitrogen and oxygen atoms in total. The minimum absolute atomic E-state index is 0.0721. The number of aliphatic hydroxyl groups is 2. The summed E-state index contributed by atoms with van der Waals surface area (Å²) in [5, 5.41) is 23.1. The summed E-state index contributed by atoms with van der Waals surface area (Å²) in [4.78, 5) is 12.4. The van der Waals surface area contributed by atoms with Gasteiger partial charge in [0.05, 0.1) is 18.8 Å². The van der Waals surface area contributed by atoms with E-state index in [-0.39, 0.29) is 12.5 Å². The second kappa shape index (κ2) is 47.2. The molecule has 0 aliphatic heterocycles. The lowest BCUT2D eigenvalue weighted by Crippen LogP contribution is -2.45. The summed E-state index contributed by atoms with van der Waals surface area (Å²) < 4.78 is 0. The van der Waals surface area contributed by atoms with Gasteiger partial charge in [-0.1, -0.05) is 234 Å². The number of nitrogens with one attached hydrogen (secondary N) is 1. The van der Waals surface area contributed by atoms with Gasteiger partial charge in [-0.2, -0.15) is 0 Å². The Labute approximate surface area is 349 Å². The molecule has 56 heavy (non-hydrogen) atoms.